The standard InChI is InChI=1S/C19H17N5O5S2/c1-13(25)21-14-4-8-17(9-5-14)31(28,29)12-18(19-20-10-11-30-19)23-22-15-2-6-16(7-3-15)24(26)27/h2-11,22H,12H2,1H3,(H,21,25)/b23-18-. The second-order valence-corrected chi connectivity index (χ2v) is 9.16. The van der Waals surface area contributed by atoms with Gasteiger partial charge in [0.25, 0.3) is 5.69 Å². The molecule has 2 N–H and O–H groups in total. The van der Waals surface area contributed by atoms with E-state index in [1.165, 1.54) is 73.0 Å². The van der Waals surface area contributed by atoms with Crippen LogP contribution in [-0.2, 0) is 14.6 Å². The van der Waals surface area contributed by atoms with E-state index in [2.05, 4.69) is 20.8 Å². The summed E-state index contributed by atoms with van der Waals surface area (Å²) in [6, 6.07) is 11.4. The molecule has 3 rings (SSSR count). The summed E-state index contributed by atoms with van der Waals surface area (Å²) in [5.74, 6) is -0.675. The third-order valence-electron chi connectivity index (χ3n) is 3.94. The van der Waals surface area contributed by atoms with E-state index in [4.69, 9.17) is 0 Å². The summed E-state index contributed by atoms with van der Waals surface area (Å²) in [5.41, 5.74) is 3.79. The fourth-order valence-electron chi connectivity index (χ4n) is 2.51. The third kappa shape index (κ3) is 5.93. The van der Waals surface area contributed by atoms with Crippen molar-refractivity contribution in [3.63, 3.8) is 0 Å². The average molecular weight is 460 g/mol. The van der Waals surface area contributed by atoms with Gasteiger partial charge in [0.15, 0.2) is 9.84 Å². The van der Waals surface area contributed by atoms with Gasteiger partial charge in [0, 0.05) is 36.3 Å². The molecule has 0 aliphatic rings. The molecule has 1 amide bonds. The molecule has 0 atom stereocenters. The molecule has 2 aromatic carbocycles. The van der Waals surface area contributed by atoms with Crippen LogP contribution >= 0.6 is 11.3 Å². The minimum Gasteiger partial charge on any atom is -0.326 e. The van der Waals surface area contributed by atoms with Gasteiger partial charge in [-0.2, -0.15) is 5.10 Å². The van der Waals surface area contributed by atoms with Crippen LogP contribution in [0.2, 0.25) is 0 Å². The monoisotopic (exact) mass is 459 g/mol. The molecule has 31 heavy (non-hydrogen) atoms. The first-order valence-corrected chi connectivity index (χ1v) is 11.3. The van der Waals surface area contributed by atoms with Crippen molar-refractivity contribution < 1.29 is 18.1 Å². The minimum atomic E-state index is -3.76. The number of non-ortho nitro benzene ring substituents is 1. The predicted octanol–water partition coefficient (Wildman–Crippen LogP) is 3.30. The van der Waals surface area contributed by atoms with E-state index in [0.29, 0.717) is 16.4 Å². The Morgan fingerprint density at radius 2 is 1.77 bits per heavy atom. The smallest absolute Gasteiger partial charge is 0.269 e. The van der Waals surface area contributed by atoms with Gasteiger partial charge in [-0.25, -0.2) is 13.4 Å². The van der Waals surface area contributed by atoms with Crippen molar-refractivity contribution in [2.75, 3.05) is 16.5 Å². The fraction of sp³-hybridized carbons (Fsp3) is 0.105. The Kier molecular flexibility index (Phi) is 6.72. The number of carbonyl (C=O) groups excluding carboxylic acids is 1. The maximum absolute atomic E-state index is 12.9. The van der Waals surface area contributed by atoms with Crippen LogP contribution in [-0.4, -0.2) is 35.7 Å². The number of rotatable bonds is 8. The Morgan fingerprint density at radius 3 is 2.32 bits per heavy atom. The summed E-state index contributed by atoms with van der Waals surface area (Å²) in [5, 5.41) is 19.7. The van der Waals surface area contributed by atoms with E-state index < -0.39 is 20.5 Å². The van der Waals surface area contributed by atoms with Crippen molar-refractivity contribution in [2.24, 2.45) is 5.10 Å². The first-order valence-electron chi connectivity index (χ1n) is 8.82. The van der Waals surface area contributed by atoms with E-state index in [1.54, 1.807) is 5.38 Å². The van der Waals surface area contributed by atoms with E-state index in [1.807, 2.05) is 0 Å². The zero-order valence-corrected chi connectivity index (χ0v) is 17.8. The molecule has 0 spiro atoms. The molecule has 0 radical (unpaired) electrons. The number of hydrazone groups is 1. The first kappa shape index (κ1) is 22.1. The fourth-order valence-corrected chi connectivity index (χ4v) is 4.51. The second-order valence-electron chi connectivity index (χ2n) is 6.28. The highest BCUT2D eigenvalue weighted by Gasteiger charge is 2.21. The minimum absolute atomic E-state index is 0.0695. The van der Waals surface area contributed by atoms with E-state index in [0.717, 1.165) is 0 Å². The average Bonchev–Trinajstić information content (AvgIpc) is 3.26. The van der Waals surface area contributed by atoms with Crippen molar-refractivity contribution in [2.45, 2.75) is 11.8 Å². The quantitative estimate of drug-likeness (QED) is 0.299. The maximum Gasteiger partial charge on any atom is 0.269 e. The number of sulfone groups is 1. The van der Waals surface area contributed by atoms with Gasteiger partial charge in [-0.05, 0) is 36.4 Å². The van der Waals surface area contributed by atoms with Crippen LogP contribution in [0.1, 0.15) is 11.9 Å². The van der Waals surface area contributed by atoms with Gasteiger partial charge in [-0.1, -0.05) is 0 Å². The molecule has 0 aliphatic carbocycles. The molecule has 160 valence electrons. The Bertz CT molecular complexity index is 1210. The van der Waals surface area contributed by atoms with Crippen LogP contribution in [0.3, 0.4) is 0 Å². The SMILES string of the molecule is CC(=O)Nc1ccc(S(=O)(=O)C/C(=N/Nc2ccc([N+](=O)[O-])cc2)c2nccs2)cc1. The van der Waals surface area contributed by atoms with Crippen LogP contribution in [0, 0.1) is 10.1 Å². The number of amides is 1. The highest BCUT2D eigenvalue weighted by atomic mass is 32.2. The van der Waals surface area contributed by atoms with Crippen LogP contribution in [0.15, 0.2) is 70.1 Å². The van der Waals surface area contributed by atoms with Gasteiger partial charge in [-0.15, -0.1) is 11.3 Å². The summed E-state index contributed by atoms with van der Waals surface area (Å²) < 4.78 is 25.8. The van der Waals surface area contributed by atoms with E-state index in [-0.39, 0.29) is 22.2 Å². The number of nitrogens with one attached hydrogen (secondary N) is 2. The molecule has 0 unspecified atom stereocenters. The molecule has 1 aromatic heterocycles. The van der Waals surface area contributed by atoms with Gasteiger partial charge >= 0.3 is 0 Å². The van der Waals surface area contributed by atoms with Crippen molar-refractivity contribution in [3.8, 4) is 0 Å². The number of hydrogen-bond donors (Lipinski definition) is 2. The summed E-state index contributed by atoms with van der Waals surface area (Å²) in [7, 11) is -3.76. The van der Waals surface area contributed by atoms with Crippen molar-refractivity contribution >= 4 is 49.9 Å². The van der Waals surface area contributed by atoms with Gasteiger partial charge in [0.1, 0.15) is 16.5 Å². The van der Waals surface area contributed by atoms with Crippen LogP contribution in [0.5, 0.6) is 0 Å². The Hall–Kier alpha value is -3.64. The van der Waals surface area contributed by atoms with Gasteiger partial charge in [0.05, 0.1) is 15.5 Å². The molecule has 0 fully saturated rings. The zero-order chi connectivity index (χ0) is 22.4. The van der Waals surface area contributed by atoms with Crippen molar-refractivity contribution in [3.05, 3.63) is 75.2 Å². The van der Waals surface area contributed by atoms with Crippen LogP contribution < -0.4 is 10.7 Å². The summed E-state index contributed by atoms with van der Waals surface area (Å²) in [6.07, 6.45) is 1.54. The summed E-state index contributed by atoms with van der Waals surface area (Å²) in [6.45, 7) is 1.36. The number of hydrogen-bond acceptors (Lipinski definition) is 9. The normalized spacial score (nSPS) is 11.7. The third-order valence-corrected chi connectivity index (χ3v) is 6.40. The molecule has 12 heteroatoms. The molecule has 3 aromatic rings. The summed E-state index contributed by atoms with van der Waals surface area (Å²) >= 11 is 1.23. The van der Waals surface area contributed by atoms with Crippen molar-refractivity contribution in [1.29, 1.82) is 0 Å². The van der Waals surface area contributed by atoms with Gasteiger partial charge < -0.3 is 5.32 Å². The number of aromatic nitrogens is 1. The van der Waals surface area contributed by atoms with Gasteiger partial charge in [0.2, 0.25) is 5.91 Å². The number of nitro groups is 1. The molecule has 0 aliphatic heterocycles. The Morgan fingerprint density at radius 1 is 1.13 bits per heavy atom. The Labute approximate surface area is 181 Å². The maximum atomic E-state index is 12.9. The lowest BCUT2D eigenvalue weighted by Gasteiger charge is -2.08. The summed E-state index contributed by atoms with van der Waals surface area (Å²) in [4.78, 5) is 25.6. The van der Waals surface area contributed by atoms with E-state index in [9.17, 15) is 23.3 Å². The number of nitrogens with zero attached hydrogens (tertiary/aromatic N) is 3. The molecule has 0 saturated carbocycles. The number of thiazole rings is 1. The zero-order valence-electron chi connectivity index (χ0n) is 16.2. The second kappa shape index (κ2) is 9.45. The van der Waals surface area contributed by atoms with E-state index >= 15 is 0 Å². The predicted molar refractivity (Wildman–Crippen MR) is 118 cm³/mol. The highest BCUT2D eigenvalue weighted by Crippen LogP contribution is 2.19. The van der Waals surface area contributed by atoms with Crippen molar-refractivity contribution in [1.82, 2.24) is 4.98 Å². The highest BCUT2D eigenvalue weighted by molar-refractivity contribution is 7.92. The number of anilines is 2. The lowest BCUT2D eigenvalue weighted by atomic mass is 10.3. The largest absolute Gasteiger partial charge is 0.326 e. The number of carbonyl (C=O) groups is 1. The van der Waals surface area contributed by atoms with Crippen LogP contribution in [0.25, 0.3) is 0 Å². The van der Waals surface area contributed by atoms with Gasteiger partial charge in [-0.3, -0.25) is 20.3 Å². The first-order chi connectivity index (χ1) is 14.7. The molecular formula is C19H17N5O5S2. The molecule has 10 nitrogen and oxygen atoms in total. The molecule has 1 heterocycles. The molecular weight excluding hydrogens is 442 g/mol. The lowest BCUT2D eigenvalue weighted by molar-refractivity contribution is -0.384. The number of nitro benzene ring substituents is 1. The Balaban J connectivity index is 1.83. The van der Waals surface area contributed by atoms with Crippen LogP contribution in [0.4, 0.5) is 17.1 Å². The topological polar surface area (TPSA) is 144 Å². The molecule has 0 saturated heterocycles. The lowest BCUT2D eigenvalue weighted by Crippen LogP contribution is -2.19. The number of benzene rings is 2. The molecule has 0 bridgehead atoms.